The molecule has 0 aromatic rings. The number of ether oxygens (including phenoxy) is 2. The highest BCUT2D eigenvalue weighted by atomic mass is 16.5. The van der Waals surface area contributed by atoms with Crippen LogP contribution in [0.15, 0.2) is 36.5 Å². The molecule has 144 valence electrons. The van der Waals surface area contributed by atoms with E-state index >= 15 is 0 Å². The van der Waals surface area contributed by atoms with Crippen LogP contribution < -0.4 is 0 Å². The molecule has 0 saturated carbocycles. The Morgan fingerprint density at radius 2 is 2.15 bits per heavy atom. The third-order valence-corrected chi connectivity index (χ3v) is 6.08. The number of aliphatic hydroxyl groups is 1. The second-order valence-corrected chi connectivity index (χ2v) is 8.23. The van der Waals surface area contributed by atoms with Gasteiger partial charge in [-0.2, -0.15) is 0 Å². The largest absolute Gasteiger partial charge is 0.462 e. The first kappa shape index (κ1) is 19.4. The van der Waals surface area contributed by atoms with Crippen LogP contribution in [-0.2, 0) is 14.3 Å². The van der Waals surface area contributed by atoms with Crippen molar-refractivity contribution in [1.29, 1.82) is 0 Å². The average molecular weight is 360 g/mol. The number of fused-ring (bicyclic) bond motifs is 1. The van der Waals surface area contributed by atoms with Gasteiger partial charge in [0, 0.05) is 12.3 Å². The molecule has 4 heteroatoms. The fourth-order valence-electron chi connectivity index (χ4n) is 4.88. The molecule has 0 amide bonds. The van der Waals surface area contributed by atoms with E-state index in [0.29, 0.717) is 36.7 Å². The normalized spacial score (nSPS) is 39.7. The zero-order valence-electron chi connectivity index (χ0n) is 16.0. The molecule has 26 heavy (non-hydrogen) atoms. The van der Waals surface area contributed by atoms with Crippen molar-refractivity contribution in [3.63, 3.8) is 0 Å². The number of esters is 1. The third kappa shape index (κ3) is 4.47. The fourth-order valence-corrected chi connectivity index (χ4v) is 4.88. The highest BCUT2D eigenvalue weighted by molar-refractivity contribution is 5.70. The molecule has 3 rings (SSSR count). The van der Waals surface area contributed by atoms with Crippen molar-refractivity contribution in [1.82, 2.24) is 0 Å². The maximum absolute atomic E-state index is 11.6. The van der Waals surface area contributed by atoms with E-state index in [4.69, 9.17) is 9.47 Å². The highest BCUT2D eigenvalue weighted by Crippen LogP contribution is 2.45. The van der Waals surface area contributed by atoms with Gasteiger partial charge in [0.15, 0.2) is 0 Å². The summed E-state index contributed by atoms with van der Waals surface area (Å²) in [5.41, 5.74) is 1.39. The van der Waals surface area contributed by atoms with E-state index in [0.717, 1.165) is 19.3 Å². The second kappa shape index (κ2) is 8.53. The lowest BCUT2D eigenvalue weighted by atomic mass is 9.65. The molecule has 7 atom stereocenters. The minimum atomic E-state index is -0.556. The van der Waals surface area contributed by atoms with E-state index in [1.54, 1.807) is 0 Å². The molecule has 1 heterocycles. The molecule has 0 aromatic carbocycles. The SMILES string of the molecule is C=CCO[C@H]1C[C@@H](C)C=C2C=C[C@H](C)[C@H](CCC3C[C@@H](O)CC(=O)O3)[C@H]21. The van der Waals surface area contributed by atoms with Crippen molar-refractivity contribution in [2.45, 2.75) is 64.3 Å². The summed E-state index contributed by atoms with van der Waals surface area (Å²) in [6, 6.07) is 0. The van der Waals surface area contributed by atoms with Gasteiger partial charge in [-0.05, 0) is 42.6 Å². The molecule has 1 saturated heterocycles. The van der Waals surface area contributed by atoms with E-state index < -0.39 is 6.10 Å². The number of rotatable bonds is 6. The van der Waals surface area contributed by atoms with Crippen LogP contribution in [0.3, 0.4) is 0 Å². The summed E-state index contributed by atoms with van der Waals surface area (Å²) < 4.78 is 11.6. The number of carbonyl (C=O) groups is 1. The molecule has 4 nitrogen and oxygen atoms in total. The lowest BCUT2D eigenvalue weighted by Gasteiger charge is -2.43. The van der Waals surface area contributed by atoms with Crippen LogP contribution in [0.4, 0.5) is 0 Å². The maximum atomic E-state index is 11.6. The van der Waals surface area contributed by atoms with Crippen LogP contribution in [0.25, 0.3) is 0 Å². The second-order valence-electron chi connectivity index (χ2n) is 8.23. The smallest absolute Gasteiger partial charge is 0.308 e. The van der Waals surface area contributed by atoms with E-state index in [1.165, 1.54) is 5.57 Å². The zero-order chi connectivity index (χ0) is 18.7. The average Bonchev–Trinajstić information content (AvgIpc) is 2.58. The molecule has 1 unspecified atom stereocenters. The van der Waals surface area contributed by atoms with Crippen LogP contribution in [-0.4, -0.2) is 36.0 Å². The summed E-state index contributed by atoms with van der Waals surface area (Å²) in [7, 11) is 0. The molecule has 1 aliphatic heterocycles. The van der Waals surface area contributed by atoms with Crippen LogP contribution in [0, 0.1) is 23.7 Å². The number of cyclic esters (lactones) is 1. The molecule has 0 aromatic heterocycles. The fraction of sp³-hybridized carbons (Fsp3) is 0.682. The summed E-state index contributed by atoms with van der Waals surface area (Å²) in [6.07, 6.45) is 11.8. The van der Waals surface area contributed by atoms with E-state index in [9.17, 15) is 9.90 Å². The summed E-state index contributed by atoms with van der Waals surface area (Å²) in [4.78, 5) is 11.6. The molecule has 2 aliphatic carbocycles. The molecule has 3 aliphatic rings. The molecule has 1 fully saturated rings. The minimum absolute atomic E-state index is 0.129. The van der Waals surface area contributed by atoms with Gasteiger partial charge in [-0.3, -0.25) is 4.79 Å². The standard InChI is InChI=1S/C22H32O4/c1-4-9-25-20-11-14(2)10-16-6-5-15(3)19(22(16)20)8-7-18-12-17(23)13-21(24)26-18/h4-6,10,14-15,17-20,22-23H,1,7-9,11-13H2,2-3H3/t14-,15-,17+,18?,19-,20-,22-/m0/s1. The molecule has 0 bridgehead atoms. The van der Waals surface area contributed by atoms with Crippen molar-refractivity contribution >= 4 is 5.97 Å². The van der Waals surface area contributed by atoms with Gasteiger partial charge < -0.3 is 14.6 Å². The molecule has 1 N–H and O–H groups in total. The first-order valence-corrected chi connectivity index (χ1v) is 9.98. The number of carbonyl (C=O) groups excluding carboxylic acids is 1. The third-order valence-electron chi connectivity index (χ3n) is 6.08. The molecular formula is C22H32O4. The van der Waals surface area contributed by atoms with Crippen molar-refractivity contribution in [3.05, 3.63) is 36.5 Å². The van der Waals surface area contributed by atoms with Crippen LogP contribution >= 0.6 is 0 Å². The van der Waals surface area contributed by atoms with Gasteiger partial charge in [0.1, 0.15) is 6.10 Å². The van der Waals surface area contributed by atoms with Gasteiger partial charge in [0.25, 0.3) is 0 Å². The van der Waals surface area contributed by atoms with E-state index in [2.05, 4.69) is 38.7 Å². The number of hydrogen-bond acceptors (Lipinski definition) is 4. The lowest BCUT2D eigenvalue weighted by molar-refractivity contribution is -0.160. The molecular weight excluding hydrogens is 328 g/mol. The highest BCUT2D eigenvalue weighted by Gasteiger charge is 2.40. The van der Waals surface area contributed by atoms with Gasteiger partial charge in [0.05, 0.1) is 25.2 Å². The van der Waals surface area contributed by atoms with E-state index in [1.807, 2.05) is 6.08 Å². The Balaban J connectivity index is 1.71. The van der Waals surface area contributed by atoms with Gasteiger partial charge in [0.2, 0.25) is 0 Å². The zero-order valence-corrected chi connectivity index (χ0v) is 16.0. The van der Waals surface area contributed by atoms with Gasteiger partial charge >= 0.3 is 5.97 Å². The van der Waals surface area contributed by atoms with Crippen molar-refractivity contribution < 1.29 is 19.4 Å². The summed E-state index contributed by atoms with van der Waals surface area (Å²) in [5, 5.41) is 9.84. The summed E-state index contributed by atoms with van der Waals surface area (Å²) in [6.45, 7) is 8.88. The quantitative estimate of drug-likeness (QED) is 0.578. The van der Waals surface area contributed by atoms with Gasteiger partial charge in [-0.1, -0.05) is 38.2 Å². The number of hydrogen-bond donors (Lipinski definition) is 1. The summed E-state index contributed by atoms with van der Waals surface area (Å²) in [5.74, 6) is 1.56. The van der Waals surface area contributed by atoms with Crippen LogP contribution in [0.2, 0.25) is 0 Å². The molecule has 0 spiro atoms. The van der Waals surface area contributed by atoms with Gasteiger partial charge in [-0.25, -0.2) is 0 Å². The topological polar surface area (TPSA) is 55.8 Å². The Labute approximate surface area is 156 Å². The Morgan fingerprint density at radius 1 is 1.35 bits per heavy atom. The van der Waals surface area contributed by atoms with Crippen molar-refractivity contribution in [3.8, 4) is 0 Å². The Bertz CT molecular complexity index is 579. The predicted octanol–water partition coefficient (Wildman–Crippen LogP) is 3.81. The lowest BCUT2D eigenvalue weighted by Crippen LogP contribution is -2.40. The van der Waals surface area contributed by atoms with E-state index in [-0.39, 0.29) is 24.6 Å². The first-order chi connectivity index (χ1) is 12.5. The first-order valence-electron chi connectivity index (χ1n) is 9.98. The van der Waals surface area contributed by atoms with Crippen molar-refractivity contribution in [2.75, 3.05) is 6.61 Å². The van der Waals surface area contributed by atoms with Crippen molar-refractivity contribution in [2.24, 2.45) is 23.7 Å². The number of allylic oxidation sites excluding steroid dienone is 3. The van der Waals surface area contributed by atoms with Crippen LogP contribution in [0.1, 0.15) is 46.0 Å². The number of aliphatic hydroxyl groups excluding tert-OH is 1. The summed E-state index contributed by atoms with van der Waals surface area (Å²) >= 11 is 0. The maximum Gasteiger partial charge on any atom is 0.308 e. The Morgan fingerprint density at radius 3 is 2.88 bits per heavy atom. The molecule has 0 radical (unpaired) electrons. The van der Waals surface area contributed by atoms with Gasteiger partial charge in [-0.15, -0.1) is 6.58 Å². The predicted molar refractivity (Wildman–Crippen MR) is 101 cm³/mol. The Hall–Kier alpha value is -1.39. The monoisotopic (exact) mass is 360 g/mol. The van der Waals surface area contributed by atoms with Crippen LogP contribution in [0.5, 0.6) is 0 Å². The Kier molecular flexibility index (Phi) is 6.36. The minimum Gasteiger partial charge on any atom is -0.462 e.